The molecule has 0 fully saturated rings. The highest BCUT2D eigenvalue weighted by molar-refractivity contribution is 14.0. The van der Waals surface area contributed by atoms with Crippen molar-refractivity contribution in [2.45, 2.75) is 45.8 Å². The summed E-state index contributed by atoms with van der Waals surface area (Å²) in [7, 11) is 3.89. The molecule has 0 bridgehead atoms. The van der Waals surface area contributed by atoms with Crippen LogP contribution < -0.4 is 10.6 Å². The third-order valence-electron chi connectivity index (χ3n) is 3.99. The number of nitrogens with one attached hydrogen (secondary N) is 2. The van der Waals surface area contributed by atoms with Crippen molar-refractivity contribution >= 4 is 29.9 Å². The highest BCUT2D eigenvalue weighted by Crippen LogP contribution is 2.08. The van der Waals surface area contributed by atoms with Crippen LogP contribution in [0.2, 0.25) is 0 Å². The van der Waals surface area contributed by atoms with Gasteiger partial charge in [-0.05, 0) is 39.8 Å². The molecule has 0 amide bonds. The molecule has 0 spiro atoms. The zero-order valence-electron chi connectivity index (χ0n) is 16.3. The second kappa shape index (κ2) is 14.3. The van der Waals surface area contributed by atoms with Crippen molar-refractivity contribution in [3.63, 3.8) is 0 Å². The van der Waals surface area contributed by atoms with E-state index in [0.29, 0.717) is 12.6 Å². The van der Waals surface area contributed by atoms with Gasteiger partial charge in [-0.25, -0.2) is 0 Å². The number of hydrogen-bond donors (Lipinski definition) is 2. The lowest BCUT2D eigenvalue weighted by molar-refractivity contribution is 0.179. The van der Waals surface area contributed by atoms with Gasteiger partial charge in [0.15, 0.2) is 5.96 Å². The fourth-order valence-electron chi connectivity index (χ4n) is 2.46. The summed E-state index contributed by atoms with van der Waals surface area (Å²) in [6.45, 7) is 9.72. The van der Waals surface area contributed by atoms with Gasteiger partial charge >= 0.3 is 0 Å². The topological polar surface area (TPSA) is 48.9 Å². The minimum atomic E-state index is 0. The van der Waals surface area contributed by atoms with Crippen LogP contribution in [0.4, 0.5) is 0 Å². The van der Waals surface area contributed by atoms with Gasteiger partial charge in [-0.1, -0.05) is 30.3 Å². The van der Waals surface area contributed by atoms with Crippen LogP contribution in [-0.2, 0) is 11.3 Å². The number of guanidine groups is 1. The van der Waals surface area contributed by atoms with Crippen molar-refractivity contribution in [2.75, 3.05) is 33.9 Å². The van der Waals surface area contributed by atoms with E-state index < -0.39 is 0 Å². The van der Waals surface area contributed by atoms with Crippen LogP contribution >= 0.6 is 24.0 Å². The van der Waals surface area contributed by atoms with Crippen LogP contribution in [-0.4, -0.2) is 56.8 Å². The molecule has 2 unspecified atom stereocenters. The molecule has 1 rings (SSSR count). The average Bonchev–Trinajstić information content (AvgIpc) is 2.56. The first-order valence-corrected chi connectivity index (χ1v) is 8.84. The molecule has 2 atom stereocenters. The first kappa shape index (κ1) is 24.1. The Morgan fingerprint density at radius 1 is 1.24 bits per heavy atom. The quantitative estimate of drug-likeness (QED) is 0.319. The first-order chi connectivity index (χ1) is 11.6. The van der Waals surface area contributed by atoms with E-state index in [1.807, 2.05) is 0 Å². The predicted molar refractivity (Wildman–Crippen MR) is 118 cm³/mol. The van der Waals surface area contributed by atoms with E-state index in [-0.39, 0.29) is 30.0 Å². The summed E-state index contributed by atoms with van der Waals surface area (Å²) in [5, 5.41) is 6.65. The highest BCUT2D eigenvalue weighted by Gasteiger charge is 2.10. The SMILES string of the molecule is CCNC(=NCCC(C)N(C)Cc1ccccc1)NC(C)COC.I. The molecule has 0 heterocycles. The first-order valence-electron chi connectivity index (χ1n) is 8.84. The van der Waals surface area contributed by atoms with Crippen molar-refractivity contribution in [3.8, 4) is 0 Å². The van der Waals surface area contributed by atoms with Crippen LogP contribution in [0.25, 0.3) is 0 Å². The fourth-order valence-corrected chi connectivity index (χ4v) is 2.46. The fraction of sp³-hybridized carbons (Fsp3) is 0.632. The Labute approximate surface area is 170 Å². The van der Waals surface area contributed by atoms with E-state index in [4.69, 9.17) is 4.74 Å². The van der Waals surface area contributed by atoms with Crippen molar-refractivity contribution in [3.05, 3.63) is 35.9 Å². The second-order valence-corrected chi connectivity index (χ2v) is 6.30. The van der Waals surface area contributed by atoms with E-state index in [1.165, 1.54) is 5.56 Å². The van der Waals surface area contributed by atoms with Gasteiger partial charge in [0.05, 0.1) is 6.61 Å². The molecule has 144 valence electrons. The van der Waals surface area contributed by atoms with Gasteiger partial charge in [0.1, 0.15) is 0 Å². The Morgan fingerprint density at radius 2 is 1.92 bits per heavy atom. The maximum atomic E-state index is 5.16. The van der Waals surface area contributed by atoms with Crippen LogP contribution in [0.15, 0.2) is 35.3 Å². The summed E-state index contributed by atoms with van der Waals surface area (Å²) in [6, 6.07) is 11.3. The van der Waals surface area contributed by atoms with Gasteiger partial charge in [-0.3, -0.25) is 9.89 Å². The van der Waals surface area contributed by atoms with E-state index >= 15 is 0 Å². The minimum Gasteiger partial charge on any atom is -0.383 e. The minimum absolute atomic E-state index is 0. The number of hydrogen-bond acceptors (Lipinski definition) is 3. The van der Waals surface area contributed by atoms with Crippen molar-refractivity contribution < 1.29 is 4.74 Å². The molecule has 0 aromatic heterocycles. The van der Waals surface area contributed by atoms with Gasteiger partial charge in [0, 0.05) is 38.8 Å². The largest absolute Gasteiger partial charge is 0.383 e. The number of benzene rings is 1. The summed E-state index contributed by atoms with van der Waals surface area (Å²) in [5.41, 5.74) is 1.35. The predicted octanol–water partition coefficient (Wildman–Crippen LogP) is 3.11. The Hall–Kier alpha value is -0.860. The lowest BCUT2D eigenvalue weighted by Crippen LogP contribution is -2.44. The monoisotopic (exact) mass is 462 g/mol. The number of methoxy groups -OCH3 is 1. The van der Waals surface area contributed by atoms with E-state index in [1.54, 1.807) is 7.11 Å². The zero-order chi connectivity index (χ0) is 17.8. The van der Waals surface area contributed by atoms with E-state index in [2.05, 4.69) is 78.7 Å². The molecule has 0 saturated carbocycles. The highest BCUT2D eigenvalue weighted by atomic mass is 127. The van der Waals surface area contributed by atoms with Gasteiger partial charge in [-0.15, -0.1) is 24.0 Å². The molecule has 1 aromatic carbocycles. The summed E-state index contributed by atoms with van der Waals surface area (Å²) in [5.74, 6) is 0.861. The molecular weight excluding hydrogens is 427 g/mol. The van der Waals surface area contributed by atoms with Crippen molar-refractivity contribution in [2.24, 2.45) is 4.99 Å². The number of halogens is 1. The van der Waals surface area contributed by atoms with E-state index in [0.717, 1.165) is 32.0 Å². The van der Waals surface area contributed by atoms with Gasteiger partial charge in [0.2, 0.25) is 0 Å². The number of aliphatic imine (C=N–C) groups is 1. The van der Waals surface area contributed by atoms with Crippen LogP contribution in [0.5, 0.6) is 0 Å². The summed E-state index contributed by atoms with van der Waals surface area (Å²) in [4.78, 5) is 7.05. The second-order valence-electron chi connectivity index (χ2n) is 6.30. The molecule has 25 heavy (non-hydrogen) atoms. The molecule has 1 aromatic rings. The molecular formula is C19H35IN4O. The number of rotatable bonds is 10. The molecule has 6 heteroatoms. The van der Waals surface area contributed by atoms with E-state index in [9.17, 15) is 0 Å². The lowest BCUT2D eigenvalue weighted by Gasteiger charge is -2.24. The Kier molecular flexibility index (Phi) is 13.8. The third-order valence-corrected chi connectivity index (χ3v) is 3.99. The number of nitrogens with zero attached hydrogens (tertiary/aromatic N) is 2. The maximum absolute atomic E-state index is 5.16. The number of ether oxygens (including phenoxy) is 1. The maximum Gasteiger partial charge on any atom is 0.191 e. The van der Waals surface area contributed by atoms with Gasteiger partial charge < -0.3 is 15.4 Å². The Bertz CT molecular complexity index is 470. The van der Waals surface area contributed by atoms with Gasteiger partial charge in [-0.2, -0.15) is 0 Å². The lowest BCUT2D eigenvalue weighted by atomic mass is 10.1. The summed E-state index contributed by atoms with van der Waals surface area (Å²) < 4.78 is 5.16. The van der Waals surface area contributed by atoms with Crippen molar-refractivity contribution in [1.29, 1.82) is 0 Å². The van der Waals surface area contributed by atoms with Crippen molar-refractivity contribution in [1.82, 2.24) is 15.5 Å². The zero-order valence-corrected chi connectivity index (χ0v) is 18.6. The molecule has 5 nitrogen and oxygen atoms in total. The Morgan fingerprint density at radius 3 is 2.52 bits per heavy atom. The normalized spacial score (nSPS) is 13.9. The molecule has 0 aliphatic rings. The molecule has 0 aliphatic heterocycles. The molecule has 0 radical (unpaired) electrons. The summed E-state index contributed by atoms with van der Waals surface area (Å²) >= 11 is 0. The molecule has 2 N–H and O–H groups in total. The smallest absolute Gasteiger partial charge is 0.191 e. The average molecular weight is 462 g/mol. The summed E-state index contributed by atoms with van der Waals surface area (Å²) in [6.07, 6.45) is 1.03. The standard InChI is InChI=1S/C19H34N4O.HI/c1-6-20-19(22-16(2)15-24-5)21-13-12-17(3)23(4)14-18-10-8-7-9-11-18;/h7-11,16-17H,6,12-15H2,1-5H3,(H2,20,21,22);1H. The Balaban J connectivity index is 0.00000576. The third kappa shape index (κ3) is 10.7. The van der Waals surface area contributed by atoms with Crippen LogP contribution in [0.1, 0.15) is 32.8 Å². The van der Waals surface area contributed by atoms with Gasteiger partial charge in [0.25, 0.3) is 0 Å². The van der Waals surface area contributed by atoms with Crippen LogP contribution in [0.3, 0.4) is 0 Å². The van der Waals surface area contributed by atoms with Crippen LogP contribution in [0, 0.1) is 0 Å². The molecule has 0 aliphatic carbocycles. The molecule has 0 saturated heterocycles.